The third kappa shape index (κ3) is 3.06. The van der Waals surface area contributed by atoms with Crippen LogP contribution < -0.4 is 5.73 Å². The number of halogens is 2. The summed E-state index contributed by atoms with van der Waals surface area (Å²) in [5, 5.41) is 11.3. The van der Waals surface area contributed by atoms with Gasteiger partial charge in [-0.2, -0.15) is 0 Å². The predicted molar refractivity (Wildman–Crippen MR) is 119 cm³/mol. The second kappa shape index (κ2) is 7.15. The number of H-pyrrole nitrogens is 1. The average molecular weight is 445 g/mol. The van der Waals surface area contributed by atoms with Crippen LogP contribution in [0.5, 0.6) is 0 Å². The summed E-state index contributed by atoms with van der Waals surface area (Å²) in [6.45, 7) is 0.938. The Balaban J connectivity index is 1.64. The highest BCUT2D eigenvalue weighted by Crippen LogP contribution is 2.48. The van der Waals surface area contributed by atoms with Gasteiger partial charge in [0.05, 0.1) is 15.6 Å². The van der Waals surface area contributed by atoms with Crippen LogP contribution in [0, 0.1) is 5.41 Å². The van der Waals surface area contributed by atoms with Crippen LogP contribution in [-0.4, -0.2) is 45.6 Å². The molecule has 2 aliphatic rings. The number of rotatable bonds is 2. The minimum Gasteiger partial charge on any atom is -0.387 e. The van der Waals surface area contributed by atoms with Crippen LogP contribution in [-0.2, 0) is 17.6 Å². The smallest absolute Gasteiger partial charge is 0.248 e. The molecule has 1 amide bonds. The number of aryl methyl sites for hydroxylation is 1. The molecule has 1 spiro atoms. The number of nitrogens with two attached hydrogens (primary N) is 1. The fraction of sp³-hybridized carbons (Fsp3) is 0.364. The van der Waals surface area contributed by atoms with Gasteiger partial charge in [0.1, 0.15) is 12.4 Å². The molecule has 5 rings (SSSR count). The Labute approximate surface area is 184 Å². The van der Waals surface area contributed by atoms with Gasteiger partial charge in [-0.15, -0.1) is 0 Å². The van der Waals surface area contributed by atoms with Crippen molar-refractivity contribution >= 4 is 45.8 Å². The number of carbonyl (C=O) groups is 1. The quantitative estimate of drug-likeness (QED) is 0.559. The van der Waals surface area contributed by atoms with Crippen molar-refractivity contribution < 1.29 is 9.90 Å². The molecule has 1 aliphatic carbocycles. The van der Waals surface area contributed by atoms with Crippen molar-refractivity contribution in [2.45, 2.75) is 25.7 Å². The first-order valence-corrected chi connectivity index (χ1v) is 10.8. The highest BCUT2D eigenvalue weighted by Gasteiger charge is 2.43. The number of amides is 1. The van der Waals surface area contributed by atoms with Crippen molar-refractivity contribution in [3.63, 3.8) is 0 Å². The minimum absolute atomic E-state index is 0.0235. The van der Waals surface area contributed by atoms with E-state index in [2.05, 4.69) is 9.97 Å². The van der Waals surface area contributed by atoms with E-state index in [9.17, 15) is 9.90 Å². The molecule has 3 heterocycles. The molecule has 1 unspecified atom stereocenters. The second-order valence-corrected chi connectivity index (χ2v) is 9.21. The SMILES string of the molecule is Nc1ccc(-c2cc(Cl)c(Cl)c3[nH]c4c(c23)CC2(CC4)CCN(C(=O)CO)C2)cn1. The number of aliphatic hydroxyl groups is 1. The largest absolute Gasteiger partial charge is 0.387 e. The van der Waals surface area contributed by atoms with Crippen LogP contribution in [0.1, 0.15) is 24.1 Å². The van der Waals surface area contributed by atoms with Crippen molar-refractivity contribution in [1.29, 1.82) is 0 Å². The number of aliphatic hydroxyl groups excluding tert-OH is 1. The number of likely N-dealkylation sites (tertiary alicyclic amines) is 1. The fourth-order valence-electron chi connectivity index (χ4n) is 5.08. The lowest BCUT2D eigenvalue weighted by atomic mass is 9.72. The predicted octanol–water partition coefficient (Wildman–Crippen LogP) is 3.82. The average Bonchev–Trinajstić information content (AvgIpc) is 3.33. The van der Waals surface area contributed by atoms with E-state index in [4.69, 9.17) is 28.9 Å². The summed E-state index contributed by atoms with van der Waals surface area (Å²) >= 11 is 13.0. The Kier molecular flexibility index (Phi) is 4.69. The van der Waals surface area contributed by atoms with Gasteiger partial charge in [-0.05, 0) is 60.4 Å². The third-order valence-electron chi connectivity index (χ3n) is 6.64. The Morgan fingerprint density at radius 1 is 1.33 bits per heavy atom. The Bertz CT molecular complexity index is 1160. The van der Waals surface area contributed by atoms with Gasteiger partial charge < -0.3 is 20.7 Å². The van der Waals surface area contributed by atoms with Gasteiger partial charge in [0.15, 0.2) is 0 Å². The van der Waals surface area contributed by atoms with Crippen molar-refractivity contribution in [1.82, 2.24) is 14.9 Å². The molecule has 1 aromatic carbocycles. The molecule has 1 aliphatic heterocycles. The zero-order chi connectivity index (χ0) is 21.0. The summed E-state index contributed by atoms with van der Waals surface area (Å²) in [7, 11) is 0. The van der Waals surface area contributed by atoms with Crippen molar-refractivity contribution in [3.8, 4) is 11.1 Å². The summed E-state index contributed by atoms with van der Waals surface area (Å²) in [5.41, 5.74) is 11.0. The summed E-state index contributed by atoms with van der Waals surface area (Å²) in [4.78, 5) is 21.6. The Morgan fingerprint density at radius 3 is 2.90 bits per heavy atom. The highest BCUT2D eigenvalue weighted by molar-refractivity contribution is 6.45. The fourth-order valence-corrected chi connectivity index (χ4v) is 5.48. The van der Waals surface area contributed by atoms with Gasteiger partial charge in [0, 0.05) is 35.9 Å². The first-order chi connectivity index (χ1) is 14.4. The van der Waals surface area contributed by atoms with E-state index >= 15 is 0 Å². The number of aromatic amines is 1. The van der Waals surface area contributed by atoms with Gasteiger partial charge in [0.25, 0.3) is 0 Å². The first kappa shape index (κ1) is 19.7. The van der Waals surface area contributed by atoms with Gasteiger partial charge in [-0.1, -0.05) is 23.2 Å². The van der Waals surface area contributed by atoms with E-state index < -0.39 is 6.61 Å². The monoisotopic (exact) mass is 444 g/mol. The number of hydrogen-bond acceptors (Lipinski definition) is 4. The molecule has 4 N–H and O–H groups in total. The topological polar surface area (TPSA) is 95.2 Å². The molecule has 0 saturated carbocycles. The van der Waals surface area contributed by atoms with Crippen molar-refractivity contribution in [2.24, 2.45) is 5.41 Å². The maximum Gasteiger partial charge on any atom is 0.248 e. The van der Waals surface area contributed by atoms with Crippen LogP contribution in [0.4, 0.5) is 5.82 Å². The maximum absolute atomic E-state index is 12.0. The van der Waals surface area contributed by atoms with E-state index in [1.807, 2.05) is 12.1 Å². The molecule has 3 aromatic rings. The number of hydrogen-bond donors (Lipinski definition) is 3. The summed E-state index contributed by atoms with van der Waals surface area (Å²) in [5.74, 6) is 0.268. The van der Waals surface area contributed by atoms with E-state index in [0.29, 0.717) is 29.0 Å². The number of aromatic nitrogens is 2. The number of pyridine rings is 1. The van der Waals surface area contributed by atoms with Crippen LogP contribution in [0.2, 0.25) is 10.0 Å². The van der Waals surface area contributed by atoms with Gasteiger partial charge >= 0.3 is 0 Å². The normalized spacial score (nSPS) is 20.8. The summed E-state index contributed by atoms with van der Waals surface area (Å²) in [6.07, 6.45) is 5.42. The first-order valence-electron chi connectivity index (χ1n) is 10.0. The molecule has 8 heteroatoms. The molecule has 1 fully saturated rings. The Hall–Kier alpha value is -2.28. The number of nitrogen functional groups attached to an aromatic ring is 1. The van der Waals surface area contributed by atoms with E-state index in [-0.39, 0.29) is 11.3 Å². The van der Waals surface area contributed by atoms with Gasteiger partial charge in [-0.3, -0.25) is 4.79 Å². The number of carbonyl (C=O) groups excluding carboxylic acids is 1. The third-order valence-corrected chi connectivity index (χ3v) is 7.43. The minimum atomic E-state index is -0.434. The Morgan fingerprint density at radius 2 is 2.17 bits per heavy atom. The zero-order valence-corrected chi connectivity index (χ0v) is 17.9. The number of nitrogens with zero attached hydrogens (tertiary/aromatic N) is 2. The van der Waals surface area contributed by atoms with Crippen LogP contribution in [0.3, 0.4) is 0 Å². The van der Waals surface area contributed by atoms with Gasteiger partial charge in [0.2, 0.25) is 5.91 Å². The van der Waals surface area contributed by atoms with Crippen molar-refractivity contribution in [2.75, 3.05) is 25.4 Å². The van der Waals surface area contributed by atoms with Gasteiger partial charge in [-0.25, -0.2) is 4.98 Å². The molecule has 2 aromatic heterocycles. The van der Waals surface area contributed by atoms with E-state index in [1.165, 1.54) is 11.3 Å². The molecule has 6 nitrogen and oxygen atoms in total. The highest BCUT2D eigenvalue weighted by atomic mass is 35.5. The summed E-state index contributed by atoms with van der Waals surface area (Å²) in [6, 6.07) is 5.61. The number of benzene rings is 1. The van der Waals surface area contributed by atoms with Crippen LogP contribution in [0.25, 0.3) is 22.0 Å². The maximum atomic E-state index is 12.0. The summed E-state index contributed by atoms with van der Waals surface area (Å²) < 4.78 is 0. The standard InChI is InChI=1S/C22H22Cl2N4O2/c23-15-7-13(12-1-2-17(25)26-9-12)19-14-8-22(5-6-28(11-22)18(30)10-29)4-3-16(14)27-21(19)20(15)24/h1-2,7,9,27,29H,3-6,8,10-11H2,(H2,25,26). The zero-order valence-electron chi connectivity index (χ0n) is 16.3. The number of anilines is 1. The number of fused-ring (bicyclic) bond motifs is 3. The molecule has 0 radical (unpaired) electrons. The lowest BCUT2D eigenvalue weighted by Gasteiger charge is -2.33. The molecule has 1 saturated heterocycles. The van der Waals surface area contributed by atoms with E-state index in [0.717, 1.165) is 47.7 Å². The van der Waals surface area contributed by atoms with Crippen LogP contribution in [0.15, 0.2) is 24.4 Å². The lowest BCUT2D eigenvalue weighted by molar-refractivity contribution is -0.133. The van der Waals surface area contributed by atoms with Crippen LogP contribution >= 0.6 is 23.2 Å². The molecule has 156 valence electrons. The molecule has 30 heavy (non-hydrogen) atoms. The molecule has 1 atom stereocenters. The second-order valence-electron chi connectivity index (χ2n) is 8.42. The molecule has 0 bridgehead atoms. The molecular weight excluding hydrogens is 423 g/mol. The van der Waals surface area contributed by atoms with E-state index in [1.54, 1.807) is 17.2 Å². The molecular formula is C22H22Cl2N4O2. The van der Waals surface area contributed by atoms with Crippen molar-refractivity contribution in [3.05, 3.63) is 45.7 Å². The number of nitrogens with one attached hydrogen (secondary N) is 1. The lowest BCUT2D eigenvalue weighted by Crippen LogP contribution is -2.36.